The number of aromatic nitrogens is 2. The Bertz CT molecular complexity index is 832. The summed E-state index contributed by atoms with van der Waals surface area (Å²) < 4.78 is 40.7. The molecule has 0 aliphatic carbocycles. The second kappa shape index (κ2) is 7.30. The van der Waals surface area contributed by atoms with Crippen molar-refractivity contribution < 1.29 is 22.8 Å². The fourth-order valence-electron chi connectivity index (χ4n) is 2.93. The van der Waals surface area contributed by atoms with Crippen LogP contribution in [0, 0.1) is 0 Å². The average molecular weight is 385 g/mol. The van der Waals surface area contributed by atoms with Gasteiger partial charge in [0.2, 0.25) is 11.8 Å². The highest BCUT2D eigenvalue weighted by molar-refractivity contribution is 7.99. The van der Waals surface area contributed by atoms with Crippen LogP contribution in [0.15, 0.2) is 23.4 Å². The zero-order chi connectivity index (χ0) is 18.9. The summed E-state index contributed by atoms with van der Waals surface area (Å²) in [5.41, 5.74) is 0.242. The topological polar surface area (TPSA) is 55.2 Å². The van der Waals surface area contributed by atoms with Gasteiger partial charge < -0.3 is 4.57 Å². The first-order valence-electron chi connectivity index (χ1n) is 8.34. The monoisotopic (exact) mass is 385 g/mol. The van der Waals surface area contributed by atoms with Crippen molar-refractivity contribution >= 4 is 34.6 Å². The van der Waals surface area contributed by atoms with E-state index in [1.54, 1.807) is 4.57 Å². The lowest BCUT2D eigenvalue weighted by atomic mass is 10.2. The van der Waals surface area contributed by atoms with E-state index in [-0.39, 0.29) is 31.2 Å². The number of alkyl halides is 3. The molecule has 2 aromatic rings. The quantitative estimate of drug-likeness (QED) is 0.562. The molecule has 0 unspecified atom stereocenters. The fourth-order valence-corrected chi connectivity index (χ4v) is 3.89. The number of carbonyl (C=O) groups excluding carboxylic acids is 2. The highest BCUT2D eigenvalue weighted by Crippen LogP contribution is 2.33. The van der Waals surface area contributed by atoms with Gasteiger partial charge in [0.1, 0.15) is 0 Å². The largest absolute Gasteiger partial charge is 0.416 e. The lowest BCUT2D eigenvalue weighted by Crippen LogP contribution is -2.31. The lowest BCUT2D eigenvalue weighted by molar-refractivity contribution is -0.138. The van der Waals surface area contributed by atoms with Crippen molar-refractivity contribution in [3.05, 3.63) is 23.8 Å². The molecule has 26 heavy (non-hydrogen) atoms. The number of benzene rings is 1. The second-order valence-electron chi connectivity index (χ2n) is 6.03. The lowest BCUT2D eigenvalue weighted by Gasteiger charge is -2.13. The Kier molecular flexibility index (Phi) is 5.27. The van der Waals surface area contributed by atoms with Crippen molar-refractivity contribution in [2.24, 2.45) is 0 Å². The van der Waals surface area contributed by atoms with Crippen molar-refractivity contribution in [2.75, 3.05) is 12.3 Å². The standard InChI is InChI=1S/C17H18F3N3O2S/c1-2-7-22-13-10-11(17(18,19)20)3-4-12(13)21-16(22)26-9-8-23-14(24)5-6-15(23)25/h3-4,10H,2,5-9H2,1H3. The first kappa shape index (κ1) is 18.8. The van der Waals surface area contributed by atoms with Crippen molar-refractivity contribution in [2.45, 2.75) is 44.1 Å². The maximum Gasteiger partial charge on any atom is 0.416 e. The van der Waals surface area contributed by atoms with Crippen LogP contribution in [0.25, 0.3) is 11.0 Å². The van der Waals surface area contributed by atoms with E-state index >= 15 is 0 Å². The van der Waals surface area contributed by atoms with E-state index in [1.807, 2.05) is 6.92 Å². The Morgan fingerprint density at radius 2 is 1.85 bits per heavy atom. The van der Waals surface area contributed by atoms with E-state index in [2.05, 4.69) is 4.98 Å². The number of fused-ring (bicyclic) bond motifs is 1. The average Bonchev–Trinajstić information content (AvgIpc) is 3.08. The van der Waals surface area contributed by atoms with Crippen LogP contribution in [0.1, 0.15) is 31.7 Å². The summed E-state index contributed by atoms with van der Waals surface area (Å²) in [6, 6.07) is 3.53. The van der Waals surface area contributed by atoms with Gasteiger partial charge in [0.25, 0.3) is 0 Å². The number of imidazole rings is 1. The molecule has 0 atom stereocenters. The molecule has 140 valence electrons. The molecule has 1 fully saturated rings. The predicted molar refractivity (Wildman–Crippen MR) is 91.7 cm³/mol. The number of nitrogens with zero attached hydrogens (tertiary/aromatic N) is 3. The molecule has 1 aliphatic heterocycles. The van der Waals surface area contributed by atoms with Crippen molar-refractivity contribution in [3.8, 4) is 0 Å². The molecule has 1 aliphatic rings. The van der Waals surface area contributed by atoms with E-state index in [4.69, 9.17) is 0 Å². The Labute approximate surface area is 152 Å². The van der Waals surface area contributed by atoms with Crippen LogP contribution in [0.2, 0.25) is 0 Å². The van der Waals surface area contributed by atoms with Gasteiger partial charge in [-0.25, -0.2) is 4.98 Å². The summed E-state index contributed by atoms with van der Waals surface area (Å²) in [5, 5.41) is 0.597. The number of amides is 2. The molecule has 2 amide bonds. The van der Waals surface area contributed by atoms with Crippen molar-refractivity contribution in [1.29, 1.82) is 0 Å². The van der Waals surface area contributed by atoms with Gasteiger partial charge in [-0.2, -0.15) is 13.2 Å². The molecule has 0 bridgehead atoms. The third kappa shape index (κ3) is 3.72. The summed E-state index contributed by atoms with van der Waals surface area (Å²) in [6.45, 7) is 2.77. The minimum Gasteiger partial charge on any atom is -0.319 e. The number of hydrogen-bond acceptors (Lipinski definition) is 4. The molecule has 5 nitrogen and oxygen atoms in total. The van der Waals surface area contributed by atoms with Gasteiger partial charge in [-0.3, -0.25) is 14.5 Å². The van der Waals surface area contributed by atoms with Gasteiger partial charge in [-0.1, -0.05) is 18.7 Å². The predicted octanol–water partition coefficient (Wildman–Crippen LogP) is 3.71. The Morgan fingerprint density at radius 1 is 1.15 bits per heavy atom. The molecule has 3 rings (SSSR count). The van der Waals surface area contributed by atoms with Gasteiger partial charge in [0.05, 0.1) is 16.6 Å². The van der Waals surface area contributed by atoms with E-state index in [9.17, 15) is 22.8 Å². The third-order valence-electron chi connectivity index (χ3n) is 4.19. The van der Waals surface area contributed by atoms with E-state index in [0.717, 1.165) is 18.6 Å². The summed E-state index contributed by atoms with van der Waals surface area (Å²) in [5.74, 6) is 0.108. The normalized spacial score (nSPS) is 15.5. The Hall–Kier alpha value is -2.03. The van der Waals surface area contributed by atoms with E-state index in [0.29, 0.717) is 28.5 Å². The molecular weight excluding hydrogens is 367 g/mol. The summed E-state index contributed by atoms with van der Waals surface area (Å²) in [6.07, 6.45) is -3.16. The smallest absolute Gasteiger partial charge is 0.319 e. The molecule has 2 heterocycles. The maximum absolute atomic E-state index is 13.0. The third-order valence-corrected chi connectivity index (χ3v) is 5.15. The van der Waals surface area contributed by atoms with Gasteiger partial charge in [-0.15, -0.1) is 0 Å². The Balaban J connectivity index is 1.82. The van der Waals surface area contributed by atoms with Crippen LogP contribution in [-0.2, 0) is 22.3 Å². The fraction of sp³-hybridized carbons (Fsp3) is 0.471. The van der Waals surface area contributed by atoms with Crippen LogP contribution in [-0.4, -0.2) is 38.6 Å². The number of carbonyl (C=O) groups is 2. The maximum atomic E-state index is 13.0. The Morgan fingerprint density at radius 3 is 2.46 bits per heavy atom. The minimum atomic E-state index is -4.40. The van der Waals surface area contributed by atoms with E-state index in [1.165, 1.54) is 22.7 Å². The van der Waals surface area contributed by atoms with Crippen LogP contribution in [0.4, 0.5) is 13.2 Å². The molecule has 1 aromatic carbocycles. The zero-order valence-corrected chi connectivity index (χ0v) is 15.0. The molecule has 0 saturated carbocycles. The number of halogens is 3. The first-order chi connectivity index (χ1) is 12.3. The summed E-state index contributed by atoms with van der Waals surface area (Å²) in [4.78, 5) is 28.9. The number of likely N-dealkylation sites (tertiary alicyclic amines) is 1. The molecule has 9 heteroatoms. The van der Waals surface area contributed by atoms with Crippen molar-refractivity contribution in [3.63, 3.8) is 0 Å². The van der Waals surface area contributed by atoms with Gasteiger partial charge in [0.15, 0.2) is 5.16 Å². The number of rotatable bonds is 6. The van der Waals surface area contributed by atoms with Gasteiger partial charge in [-0.05, 0) is 24.6 Å². The highest BCUT2D eigenvalue weighted by Gasteiger charge is 2.31. The van der Waals surface area contributed by atoms with Crippen molar-refractivity contribution in [1.82, 2.24) is 14.5 Å². The molecule has 0 spiro atoms. The molecule has 1 aromatic heterocycles. The highest BCUT2D eigenvalue weighted by atomic mass is 32.2. The second-order valence-corrected chi connectivity index (χ2v) is 7.10. The number of imide groups is 1. The number of hydrogen-bond donors (Lipinski definition) is 0. The summed E-state index contributed by atoms with van der Waals surface area (Å²) >= 11 is 1.34. The van der Waals surface area contributed by atoms with Crippen LogP contribution in [0.3, 0.4) is 0 Å². The molecule has 1 saturated heterocycles. The molecule has 0 radical (unpaired) electrons. The van der Waals surface area contributed by atoms with Crippen LogP contribution in [0.5, 0.6) is 0 Å². The van der Waals surface area contributed by atoms with E-state index < -0.39 is 11.7 Å². The van der Waals surface area contributed by atoms with Crippen LogP contribution < -0.4 is 0 Å². The minimum absolute atomic E-state index is 0.174. The first-order valence-corrected chi connectivity index (χ1v) is 9.33. The van der Waals surface area contributed by atoms with Crippen LogP contribution >= 0.6 is 11.8 Å². The summed E-state index contributed by atoms with van der Waals surface area (Å²) in [7, 11) is 0. The zero-order valence-electron chi connectivity index (χ0n) is 14.2. The van der Waals surface area contributed by atoms with Gasteiger partial charge >= 0.3 is 6.18 Å². The molecule has 0 N–H and O–H groups in total. The SMILES string of the molecule is CCCn1c(SCCN2C(=O)CCC2=O)nc2ccc(C(F)(F)F)cc21. The number of thioether (sulfide) groups is 1. The van der Waals surface area contributed by atoms with Gasteiger partial charge in [0, 0.05) is 31.7 Å². The number of aryl methyl sites for hydroxylation is 1. The molecular formula is C17H18F3N3O2S.